The number of hydrogen-bond acceptors (Lipinski definition) is 6. The molecule has 2 aromatic carbocycles. The quantitative estimate of drug-likeness (QED) is 0.328. The van der Waals surface area contributed by atoms with Gasteiger partial charge in [0, 0.05) is 15.8 Å². The molecule has 0 saturated heterocycles. The number of carbonyl (C=O) groups is 2. The Morgan fingerprint density at radius 1 is 1.11 bits per heavy atom. The molecule has 0 aliphatic carbocycles. The van der Waals surface area contributed by atoms with E-state index in [-0.39, 0.29) is 30.0 Å². The predicted octanol–water partition coefficient (Wildman–Crippen LogP) is 5.58. The highest BCUT2D eigenvalue weighted by Crippen LogP contribution is 2.31. The zero-order chi connectivity index (χ0) is 25.1. The van der Waals surface area contributed by atoms with Crippen molar-refractivity contribution in [2.45, 2.75) is 33.1 Å². The van der Waals surface area contributed by atoms with Crippen molar-refractivity contribution in [2.75, 3.05) is 11.9 Å². The Morgan fingerprint density at radius 3 is 2.43 bits per heavy atom. The molecule has 1 N–H and O–H groups in total. The van der Waals surface area contributed by atoms with Gasteiger partial charge in [-0.15, -0.1) is 11.3 Å². The summed E-state index contributed by atoms with van der Waals surface area (Å²) in [7, 11) is 0. The average Bonchev–Trinajstić information content (AvgIpc) is 3.25. The van der Waals surface area contributed by atoms with Gasteiger partial charge < -0.3 is 10.1 Å². The van der Waals surface area contributed by atoms with Gasteiger partial charge in [0.1, 0.15) is 5.00 Å². The van der Waals surface area contributed by atoms with Crippen molar-refractivity contribution in [2.24, 2.45) is 0 Å². The summed E-state index contributed by atoms with van der Waals surface area (Å²) in [5, 5.41) is 10.3. The number of anilines is 1. The number of fused-ring (bicyclic) bond motifs is 1. The molecule has 7 nitrogen and oxygen atoms in total. The third-order valence-electron chi connectivity index (χ3n) is 5.46. The van der Waals surface area contributed by atoms with Crippen LogP contribution < -0.4 is 10.9 Å². The first-order valence-corrected chi connectivity index (χ1v) is 12.4. The van der Waals surface area contributed by atoms with Gasteiger partial charge in [0.15, 0.2) is 5.69 Å². The van der Waals surface area contributed by atoms with Gasteiger partial charge in [-0.2, -0.15) is 9.78 Å². The van der Waals surface area contributed by atoms with Crippen molar-refractivity contribution in [1.29, 1.82) is 0 Å². The van der Waals surface area contributed by atoms with E-state index in [1.54, 1.807) is 48.7 Å². The molecule has 4 aromatic rings. The standard InChI is InChI=1S/C26H24ClN3O4S/c1-4-34-26(33)23-20-14-35-24(28-21(31)13-16-5-9-18(27)10-6-16)22(20)25(32)30(29-23)19-11-7-17(8-12-19)15(2)3/h5-12,14-15H,4,13H2,1-3H3,(H,28,31). The fourth-order valence-electron chi connectivity index (χ4n) is 3.63. The van der Waals surface area contributed by atoms with Crippen LogP contribution in [0.15, 0.2) is 58.7 Å². The Morgan fingerprint density at radius 2 is 1.80 bits per heavy atom. The molecule has 180 valence electrons. The van der Waals surface area contributed by atoms with Crippen LogP contribution in [0.25, 0.3) is 16.5 Å². The van der Waals surface area contributed by atoms with Crippen LogP contribution in [0.5, 0.6) is 0 Å². The Balaban J connectivity index is 1.78. The number of benzene rings is 2. The highest BCUT2D eigenvalue weighted by Gasteiger charge is 2.23. The van der Waals surface area contributed by atoms with Crippen molar-refractivity contribution in [3.05, 3.63) is 86.1 Å². The number of nitrogens with one attached hydrogen (secondary N) is 1. The molecule has 0 bridgehead atoms. The summed E-state index contributed by atoms with van der Waals surface area (Å²) < 4.78 is 6.37. The van der Waals surface area contributed by atoms with Gasteiger partial charge in [0.25, 0.3) is 5.56 Å². The minimum Gasteiger partial charge on any atom is -0.461 e. The van der Waals surface area contributed by atoms with Gasteiger partial charge in [-0.3, -0.25) is 9.59 Å². The number of hydrogen-bond donors (Lipinski definition) is 1. The number of thiophene rings is 1. The molecule has 0 aliphatic heterocycles. The fourth-order valence-corrected chi connectivity index (χ4v) is 4.70. The molecule has 0 aliphatic rings. The second-order valence-corrected chi connectivity index (χ2v) is 9.55. The average molecular weight is 510 g/mol. The first kappa shape index (κ1) is 24.6. The number of aromatic nitrogens is 2. The van der Waals surface area contributed by atoms with E-state index in [4.69, 9.17) is 16.3 Å². The fraction of sp³-hybridized carbons (Fsp3) is 0.231. The van der Waals surface area contributed by atoms with Crippen LogP contribution in [0.1, 0.15) is 48.3 Å². The molecule has 4 rings (SSSR count). The lowest BCUT2D eigenvalue weighted by Crippen LogP contribution is -2.25. The van der Waals surface area contributed by atoms with Crippen LogP contribution in [0.3, 0.4) is 0 Å². The van der Waals surface area contributed by atoms with Crippen molar-refractivity contribution >= 4 is 50.6 Å². The molecule has 2 aromatic heterocycles. The zero-order valence-electron chi connectivity index (χ0n) is 19.5. The van der Waals surface area contributed by atoms with Crippen LogP contribution in [0, 0.1) is 0 Å². The van der Waals surface area contributed by atoms with E-state index in [1.165, 1.54) is 4.68 Å². The Labute approximate surface area is 211 Å². The first-order valence-electron chi connectivity index (χ1n) is 11.1. The van der Waals surface area contributed by atoms with E-state index >= 15 is 0 Å². The number of rotatable bonds is 7. The molecule has 0 unspecified atom stereocenters. The van der Waals surface area contributed by atoms with Crippen molar-refractivity contribution < 1.29 is 14.3 Å². The van der Waals surface area contributed by atoms with Gasteiger partial charge in [0.2, 0.25) is 5.91 Å². The van der Waals surface area contributed by atoms with E-state index in [2.05, 4.69) is 24.3 Å². The summed E-state index contributed by atoms with van der Waals surface area (Å²) in [6, 6.07) is 14.4. The largest absolute Gasteiger partial charge is 0.461 e. The number of ether oxygens (including phenoxy) is 1. The number of amides is 1. The number of esters is 1. The third kappa shape index (κ3) is 5.28. The van der Waals surface area contributed by atoms with Crippen LogP contribution in [-0.4, -0.2) is 28.3 Å². The Bertz CT molecular complexity index is 1440. The van der Waals surface area contributed by atoms with Crippen LogP contribution >= 0.6 is 22.9 Å². The normalized spacial score (nSPS) is 11.1. The van der Waals surface area contributed by atoms with Gasteiger partial charge in [-0.25, -0.2) is 4.79 Å². The molecule has 2 heterocycles. The molecule has 9 heteroatoms. The number of nitrogens with zero attached hydrogens (tertiary/aromatic N) is 2. The molecule has 0 spiro atoms. The topological polar surface area (TPSA) is 90.3 Å². The minimum absolute atomic E-state index is 0.0174. The van der Waals surface area contributed by atoms with Crippen LogP contribution in [0.4, 0.5) is 5.00 Å². The summed E-state index contributed by atoms with van der Waals surface area (Å²) in [5.74, 6) is -0.606. The van der Waals surface area contributed by atoms with Gasteiger partial charge in [-0.05, 0) is 48.2 Å². The smallest absolute Gasteiger partial charge is 0.359 e. The summed E-state index contributed by atoms with van der Waals surface area (Å²) in [6.45, 7) is 6.02. The van der Waals surface area contributed by atoms with Crippen molar-refractivity contribution in [1.82, 2.24) is 9.78 Å². The number of halogens is 1. The summed E-state index contributed by atoms with van der Waals surface area (Å²) >= 11 is 7.08. The minimum atomic E-state index is -0.637. The lowest BCUT2D eigenvalue weighted by atomic mass is 10.0. The Hall–Kier alpha value is -3.49. The van der Waals surface area contributed by atoms with E-state index in [9.17, 15) is 14.4 Å². The highest BCUT2D eigenvalue weighted by molar-refractivity contribution is 7.16. The van der Waals surface area contributed by atoms with E-state index in [0.717, 1.165) is 22.5 Å². The van der Waals surface area contributed by atoms with Crippen molar-refractivity contribution in [3.63, 3.8) is 0 Å². The zero-order valence-corrected chi connectivity index (χ0v) is 21.1. The maximum absolute atomic E-state index is 13.5. The lowest BCUT2D eigenvalue weighted by Gasteiger charge is -2.11. The summed E-state index contributed by atoms with van der Waals surface area (Å²) in [6.07, 6.45) is 0.108. The molecule has 0 fully saturated rings. The molecule has 0 radical (unpaired) electrons. The predicted molar refractivity (Wildman–Crippen MR) is 139 cm³/mol. The molecule has 0 atom stereocenters. The molecule has 0 saturated carbocycles. The van der Waals surface area contributed by atoms with E-state index < -0.39 is 11.5 Å². The third-order valence-corrected chi connectivity index (χ3v) is 6.60. The maximum atomic E-state index is 13.5. The molecule has 35 heavy (non-hydrogen) atoms. The first-order chi connectivity index (χ1) is 16.8. The van der Waals surface area contributed by atoms with Gasteiger partial charge in [-0.1, -0.05) is 49.7 Å². The van der Waals surface area contributed by atoms with Gasteiger partial charge >= 0.3 is 5.97 Å². The summed E-state index contributed by atoms with van der Waals surface area (Å²) in [5.41, 5.74) is 1.98. The highest BCUT2D eigenvalue weighted by atomic mass is 35.5. The van der Waals surface area contributed by atoms with Crippen LogP contribution in [0.2, 0.25) is 5.02 Å². The lowest BCUT2D eigenvalue weighted by molar-refractivity contribution is -0.115. The monoisotopic (exact) mass is 509 g/mol. The van der Waals surface area contributed by atoms with E-state index in [0.29, 0.717) is 27.0 Å². The SMILES string of the molecule is CCOC(=O)c1nn(-c2ccc(C(C)C)cc2)c(=O)c2c(NC(=O)Cc3ccc(Cl)cc3)scc12. The molecular formula is C26H24ClN3O4S. The van der Waals surface area contributed by atoms with Crippen molar-refractivity contribution in [3.8, 4) is 5.69 Å². The Kier molecular flexibility index (Phi) is 7.33. The summed E-state index contributed by atoms with van der Waals surface area (Å²) in [4.78, 5) is 39.0. The molecule has 1 amide bonds. The number of carbonyl (C=O) groups excluding carboxylic acids is 2. The second kappa shape index (κ2) is 10.4. The molecular weight excluding hydrogens is 486 g/mol. The van der Waals surface area contributed by atoms with Gasteiger partial charge in [0.05, 0.1) is 24.1 Å². The van der Waals surface area contributed by atoms with E-state index in [1.807, 2.05) is 12.1 Å². The van der Waals surface area contributed by atoms with Crippen LogP contribution in [-0.2, 0) is 16.0 Å². The second-order valence-electron chi connectivity index (χ2n) is 8.24. The maximum Gasteiger partial charge on any atom is 0.359 e.